The minimum atomic E-state index is -0.768. The largest absolute Gasteiger partial charge is 0.460 e. The van der Waals surface area contributed by atoms with Gasteiger partial charge in [-0.2, -0.15) is 0 Å². The van der Waals surface area contributed by atoms with Crippen LogP contribution in [0.5, 0.6) is 0 Å². The van der Waals surface area contributed by atoms with Crippen molar-refractivity contribution < 1.29 is 48.0 Å². The van der Waals surface area contributed by atoms with Crippen LogP contribution < -0.4 is 5.32 Å². The first kappa shape index (κ1) is 38.3. The van der Waals surface area contributed by atoms with E-state index in [0.717, 1.165) is 50.5 Å². The Kier molecular flexibility index (Phi) is 10.7. The Hall–Kier alpha value is -3.58. The SMILES string of the molecule is CC(C)(C)OC(=O)CC[C@@H](CO)NC(=O)[C@H]1CCCN1C(=O)C1=C[C@H]2OC(C3CC3)(C3CC3)O[C@H]2[C@H](OC(=O)c2cccc(C=CC3CCC4OC4C3)c2)C1. The highest BCUT2D eigenvalue weighted by Crippen LogP contribution is 2.59. The summed E-state index contributed by atoms with van der Waals surface area (Å²) < 4.78 is 30.9. The second-order valence-electron chi connectivity index (χ2n) is 17.7. The van der Waals surface area contributed by atoms with Crippen LogP contribution in [-0.2, 0) is 38.1 Å². The predicted octanol–water partition coefficient (Wildman–Crippen LogP) is 5.01. The quantitative estimate of drug-likeness (QED) is 0.207. The van der Waals surface area contributed by atoms with Gasteiger partial charge in [-0.25, -0.2) is 4.79 Å². The van der Waals surface area contributed by atoms with Gasteiger partial charge in [-0.15, -0.1) is 0 Å². The summed E-state index contributed by atoms with van der Waals surface area (Å²) in [5.41, 5.74) is 1.13. The van der Waals surface area contributed by atoms with Crippen molar-refractivity contribution in [2.45, 2.75) is 152 Å². The standard InChI is InChI=1S/C43H56N2O10/c1-42(2,3)54-37(47)18-16-31(24-46)44-39(48)32-8-5-19-45(32)40(49)28-22-35(38-36(23-28)53-43(55-38,29-12-13-29)30-14-15-30)52-41(50)27-7-4-6-25(20-27)9-10-26-11-17-33-34(21-26)51-33/h4,6-7,9-10,20,23,26,29-36,38,46H,5,8,11-19,21-22,24H2,1-3H3,(H,44,48)/t26?,31-,32+,33?,34?,35+,36+,38-/m0/s1. The Balaban J connectivity index is 0.957. The normalized spacial score (nSPS) is 31.6. The van der Waals surface area contributed by atoms with Crippen molar-refractivity contribution >= 4 is 29.8 Å². The Labute approximate surface area is 323 Å². The number of allylic oxidation sites excluding steroid dienone is 1. The van der Waals surface area contributed by atoms with Gasteiger partial charge in [-0.3, -0.25) is 14.4 Å². The molecule has 0 radical (unpaired) electrons. The molecule has 1 aromatic carbocycles. The van der Waals surface area contributed by atoms with E-state index in [4.69, 9.17) is 23.7 Å². The van der Waals surface area contributed by atoms with Crippen molar-refractivity contribution in [2.24, 2.45) is 17.8 Å². The topological polar surface area (TPSA) is 153 Å². The third kappa shape index (κ3) is 8.72. The molecule has 0 aromatic heterocycles. The number of fused-ring (bicyclic) bond motifs is 2. The van der Waals surface area contributed by atoms with E-state index < -0.39 is 53.7 Å². The van der Waals surface area contributed by atoms with Crippen molar-refractivity contribution in [3.05, 3.63) is 53.1 Å². The zero-order chi connectivity index (χ0) is 38.5. The van der Waals surface area contributed by atoms with Gasteiger partial charge in [-0.05, 0) is 115 Å². The maximum Gasteiger partial charge on any atom is 0.338 e. The van der Waals surface area contributed by atoms with Crippen LogP contribution in [0.15, 0.2) is 42.0 Å². The molecule has 0 spiro atoms. The molecule has 3 heterocycles. The summed E-state index contributed by atoms with van der Waals surface area (Å²) in [7, 11) is 0. The number of nitrogens with zero attached hydrogens (tertiary/aromatic N) is 1. The van der Waals surface area contributed by atoms with Crippen LogP contribution in [0.2, 0.25) is 0 Å². The van der Waals surface area contributed by atoms with E-state index in [9.17, 15) is 24.3 Å². The monoisotopic (exact) mass is 760 g/mol. The molecule has 3 aliphatic heterocycles. The van der Waals surface area contributed by atoms with Gasteiger partial charge in [0.2, 0.25) is 11.8 Å². The summed E-state index contributed by atoms with van der Waals surface area (Å²) in [6.45, 7) is 5.38. The molecule has 1 aromatic rings. The van der Waals surface area contributed by atoms with E-state index in [1.165, 1.54) is 0 Å². The van der Waals surface area contributed by atoms with Crippen molar-refractivity contribution in [2.75, 3.05) is 13.2 Å². The highest BCUT2D eigenvalue weighted by Gasteiger charge is 2.64. The summed E-state index contributed by atoms with van der Waals surface area (Å²) in [5.74, 6) is -1.30. The van der Waals surface area contributed by atoms with E-state index in [0.29, 0.717) is 48.6 Å². The lowest BCUT2D eigenvalue weighted by Gasteiger charge is -2.33. The summed E-state index contributed by atoms with van der Waals surface area (Å²) in [4.78, 5) is 55.6. The van der Waals surface area contributed by atoms with Crippen molar-refractivity contribution in [3.63, 3.8) is 0 Å². The number of amides is 2. The lowest BCUT2D eigenvalue weighted by Crippen LogP contribution is -2.51. The third-order valence-corrected chi connectivity index (χ3v) is 12.2. The average molecular weight is 761 g/mol. The number of esters is 2. The fraction of sp³-hybridized carbons (Fsp3) is 0.674. The lowest BCUT2D eigenvalue weighted by molar-refractivity contribution is -0.209. The highest BCUT2D eigenvalue weighted by atomic mass is 16.8. The summed E-state index contributed by atoms with van der Waals surface area (Å²) in [6, 6.07) is 6.00. The van der Waals surface area contributed by atoms with Crippen LogP contribution >= 0.6 is 0 Å². The Morgan fingerprint density at radius 2 is 1.82 bits per heavy atom. The molecule has 7 aliphatic rings. The number of hydrogen-bond acceptors (Lipinski definition) is 10. The van der Waals surface area contributed by atoms with Crippen LogP contribution in [0.1, 0.15) is 114 Å². The second-order valence-corrected chi connectivity index (χ2v) is 17.7. The number of carbonyl (C=O) groups is 4. The molecule has 2 amide bonds. The summed E-state index contributed by atoms with van der Waals surface area (Å²) >= 11 is 0. The second kappa shape index (κ2) is 15.4. The van der Waals surface area contributed by atoms with Crippen LogP contribution in [0, 0.1) is 17.8 Å². The number of benzene rings is 1. The number of likely N-dealkylation sites (tertiary alicyclic amines) is 1. The van der Waals surface area contributed by atoms with Crippen molar-refractivity contribution in [3.8, 4) is 0 Å². The van der Waals surface area contributed by atoms with Crippen LogP contribution in [0.25, 0.3) is 6.08 Å². The van der Waals surface area contributed by atoms with Gasteiger partial charge in [0.25, 0.3) is 0 Å². The first-order chi connectivity index (χ1) is 26.4. The average Bonchev–Trinajstić information content (AvgIpc) is 4.09. The molecular formula is C43H56N2O10. The fourth-order valence-corrected chi connectivity index (χ4v) is 9.05. The van der Waals surface area contributed by atoms with Gasteiger partial charge in [0.05, 0.1) is 30.4 Å². The Morgan fingerprint density at radius 1 is 1.04 bits per heavy atom. The molecule has 55 heavy (non-hydrogen) atoms. The summed E-state index contributed by atoms with van der Waals surface area (Å²) in [6.07, 6.45) is 13.8. The number of aliphatic hydroxyl groups is 1. The van der Waals surface area contributed by atoms with Gasteiger partial charge in [-0.1, -0.05) is 24.3 Å². The van der Waals surface area contributed by atoms with Crippen LogP contribution in [-0.4, -0.2) is 101 Å². The van der Waals surface area contributed by atoms with E-state index in [1.807, 2.05) is 24.3 Å². The molecule has 8 rings (SSSR count). The highest BCUT2D eigenvalue weighted by molar-refractivity contribution is 5.98. The van der Waals surface area contributed by atoms with Gasteiger partial charge >= 0.3 is 11.9 Å². The van der Waals surface area contributed by atoms with Crippen molar-refractivity contribution in [1.82, 2.24) is 10.2 Å². The number of carbonyl (C=O) groups excluding carboxylic acids is 4. The molecule has 3 unspecified atom stereocenters. The van der Waals surface area contributed by atoms with Crippen LogP contribution in [0.4, 0.5) is 0 Å². The number of nitrogens with one attached hydrogen (secondary N) is 1. The molecule has 2 N–H and O–H groups in total. The fourth-order valence-electron chi connectivity index (χ4n) is 9.05. The minimum Gasteiger partial charge on any atom is -0.460 e. The third-order valence-electron chi connectivity index (χ3n) is 12.2. The zero-order valence-corrected chi connectivity index (χ0v) is 32.3. The molecule has 0 bridgehead atoms. The molecule has 12 nitrogen and oxygen atoms in total. The molecule has 12 heteroatoms. The number of hydrogen-bond donors (Lipinski definition) is 2. The molecule has 3 saturated heterocycles. The van der Waals surface area contributed by atoms with Crippen molar-refractivity contribution in [1.29, 1.82) is 0 Å². The zero-order valence-electron chi connectivity index (χ0n) is 32.3. The van der Waals surface area contributed by atoms with Gasteiger partial charge in [0.1, 0.15) is 30.0 Å². The van der Waals surface area contributed by atoms with Gasteiger partial charge in [0.15, 0.2) is 5.79 Å². The molecule has 6 fully saturated rings. The van der Waals surface area contributed by atoms with Gasteiger partial charge < -0.3 is 39.0 Å². The Morgan fingerprint density at radius 3 is 2.53 bits per heavy atom. The van der Waals surface area contributed by atoms with E-state index in [2.05, 4.69) is 17.5 Å². The first-order valence-corrected chi connectivity index (χ1v) is 20.5. The maximum atomic E-state index is 14.3. The number of rotatable bonds is 13. The lowest BCUT2D eigenvalue weighted by atomic mass is 9.88. The number of epoxide rings is 1. The maximum absolute atomic E-state index is 14.3. The summed E-state index contributed by atoms with van der Waals surface area (Å²) in [5, 5.41) is 12.9. The van der Waals surface area contributed by atoms with E-state index >= 15 is 0 Å². The molecular weight excluding hydrogens is 704 g/mol. The number of ether oxygens (including phenoxy) is 5. The smallest absolute Gasteiger partial charge is 0.338 e. The predicted molar refractivity (Wildman–Crippen MR) is 200 cm³/mol. The molecule has 8 atom stereocenters. The number of aliphatic hydroxyl groups excluding tert-OH is 1. The minimum absolute atomic E-state index is 0.0366. The van der Waals surface area contributed by atoms with E-state index in [1.54, 1.807) is 31.7 Å². The van der Waals surface area contributed by atoms with Crippen LogP contribution in [0.3, 0.4) is 0 Å². The molecule has 298 valence electrons. The molecule has 4 aliphatic carbocycles. The molecule has 3 saturated carbocycles. The van der Waals surface area contributed by atoms with E-state index in [-0.39, 0.29) is 49.5 Å². The first-order valence-electron chi connectivity index (χ1n) is 20.5. The van der Waals surface area contributed by atoms with Gasteiger partial charge in [0, 0.05) is 36.8 Å². The Bertz CT molecular complexity index is 1700.